The van der Waals surface area contributed by atoms with Gasteiger partial charge in [0.05, 0.1) is 33.1 Å². The van der Waals surface area contributed by atoms with E-state index in [1.807, 2.05) is 20.2 Å². The zero-order chi connectivity index (χ0) is 22.5. The number of ether oxygens (including phenoxy) is 1. The number of carboxylic acid groups (broad SMARTS) is 1. The Bertz CT molecular complexity index is 1110. The molecule has 0 bridgehead atoms. The summed E-state index contributed by atoms with van der Waals surface area (Å²) in [5, 5.41) is 10.1. The molecule has 0 unspecified atom stereocenters. The first-order valence-corrected chi connectivity index (χ1v) is 10.5. The van der Waals surface area contributed by atoms with Crippen molar-refractivity contribution in [2.75, 3.05) is 27.2 Å². The lowest BCUT2D eigenvalue weighted by atomic mass is 10.0. The van der Waals surface area contributed by atoms with Crippen LogP contribution in [0.2, 0.25) is 15.1 Å². The summed E-state index contributed by atoms with van der Waals surface area (Å²) in [6, 6.07) is 10.2. The van der Waals surface area contributed by atoms with E-state index in [9.17, 15) is 9.90 Å². The molecule has 6 nitrogen and oxygen atoms in total. The Hall–Kier alpha value is -2.38. The Balaban J connectivity index is 2.01. The van der Waals surface area contributed by atoms with E-state index >= 15 is 0 Å². The van der Waals surface area contributed by atoms with Crippen LogP contribution in [0.4, 0.5) is 0 Å². The van der Waals surface area contributed by atoms with Gasteiger partial charge in [0.2, 0.25) is 0 Å². The third-order valence-electron chi connectivity index (χ3n) is 4.41. The Morgan fingerprint density at radius 2 is 1.84 bits per heavy atom. The fourth-order valence-corrected chi connectivity index (χ4v) is 3.67. The van der Waals surface area contributed by atoms with Gasteiger partial charge in [-0.1, -0.05) is 40.9 Å². The van der Waals surface area contributed by atoms with Gasteiger partial charge >= 0.3 is 5.97 Å². The molecule has 0 radical (unpaired) electrons. The molecule has 0 spiro atoms. The molecule has 9 heteroatoms. The highest BCUT2D eigenvalue weighted by Crippen LogP contribution is 2.37. The standard InChI is InChI=1S/C22H20Cl3N3O3/c1-28(2)9-4-10-31-18-11-13(6-7-15(18)23)19-14(5-3-8-26-19)20-16(24)12-17(25)21(27-20)22(29)30/h3,5-8,11-12H,4,9-10H2,1-2H3,(H,29,30). The van der Waals surface area contributed by atoms with Gasteiger partial charge in [-0.15, -0.1) is 0 Å². The maximum atomic E-state index is 11.5. The van der Waals surface area contributed by atoms with Gasteiger partial charge in [-0.25, -0.2) is 9.78 Å². The predicted octanol–water partition coefficient (Wildman–Crippen LogP) is 5.80. The van der Waals surface area contributed by atoms with Gasteiger partial charge in [0.15, 0.2) is 5.69 Å². The topological polar surface area (TPSA) is 75.5 Å². The van der Waals surface area contributed by atoms with Crippen molar-refractivity contribution < 1.29 is 14.6 Å². The van der Waals surface area contributed by atoms with E-state index in [1.54, 1.807) is 30.5 Å². The Morgan fingerprint density at radius 3 is 2.55 bits per heavy atom. The van der Waals surface area contributed by atoms with Crippen LogP contribution in [0.1, 0.15) is 16.9 Å². The van der Waals surface area contributed by atoms with Crippen LogP contribution < -0.4 is 4.74 Å². The molecule has 0 aliphatic heterocycles. The van der Waals surface area contributed by atoms with Crippen molar-refractivity contribution in [1.82, 2.24) is 14.9 Å². The molecule has 0 amide bonds. The Labute approximate surface area is 195 Å². The molecule has 3 aromatic rings. The van der Waals surface area contributed by atoms with Crippen molar-refractivity contribution in [1.29, 1.82) is 0 Å². The summed E-state index contributed by atoms with van der Waals surface area (Å²) >= 11 is 18.6. The van der Waals surface area contributed by atoms with E-state index in [-0.39, 0.29) is 21.4 Å². The molecular weight excluding hydrogens is 461 g/mol. The van der Waals surface area contributed by atoms with Crippen molar-refractivity contribution in [3.05, 3.63) is 63.4 Å². The fraction of sp³-hybridized carbons (Fsp3) is 0.227. The molecule has 0 saturated heterocycles. The number of rotatable bonds is 8. The van der Waals surface area contributed by atoms with Crippen LogP contribution >= 0.6 is 34.8 Å². The fourth-order valence-electron chi connectivity index (χ4n) is 2.96. The van der Waals surface area contributed by atoms with Crippen LogP contribution in [0.5, 0.6) is 5.75 Å². The van der Waals surface area contributed by atoms with E-state index in [0.717, 1.165) is 18.5 Å². The highest BCUT2D eigenvalue weighted by atomic mass is 35.5. The molecule has 2 aromatic heterocycles. The smallest absolute Gasteiger partial charge is 0.356 e. The molecule has 2 heterocycles. The average Bonchev–Trinajstić information content (AvgIpc) is 2.72. The van der Waals surface area contributed by atoms with Crippen molar-refractivity contribution in [3.63, 3.8) is 0 Å². The second-order valence-electron chi connectivity index (χ2n) is 7.00. The highest BCUT2D eigenvalue weighted by molar-refractivity contribution is 6.37. The van der Waals surface area contributed by atoms with Gasteiger partial charge in [-0.2, -0.15) is 0 Å². The lowest BCUT2D eigenvalue weighted by Crippen LogP contribution is -2.15. The van der Waals surface area contributed by atoms with Crippen LogP contribution in [-0.2, 0) is 0 Å². The molecule has 0 fully saturated rings. The number of nitrogens with zero attached hydrogens (tertiary/aromatic N) is 3. The zero-order valence-corrected chi connectivity index (χ0v) is 19.2. The zero-order valence-electron chi connectivity index (χ0n) is 16.9. The third kappa shape index (κ3) is 5.66. The van der Waals surface area contributed by atoms with Crippen LogP contribution in [0.15, 0.2) is 42.6 Å². The van der Waals surface area contributed by atoms with Crippen molar-refractivity contribution in [2.45, 2.75) is 6.42 Å². The minimum Gasteiger partial charge on any atom is -0.492 e. The lowest BCUT2D eigenvalue weighted by Gasteiger charge is -2.14. The van der Waals surface area contributed by atoms with Gasteiger partial charge in [0.1, 0.15) is 5.75 Å². The number of benzene rings is 1. The SMILES string of the molecule is CN(C)CCCOc1cc(-c2ncccc2-c2nc(C(=O)O)c(Cl)cc2Cl)ccc1Cl. The number of halogens is 3. The van der Waals surface area contributed by atoms with Crippen LogP contribution in [0, 0.1) is 0 Å². The molecule has 0 aliphatic carbocycles. The minimum absolute atomic E-state index is 0.0356. The number of carbonyl (C=O) groups is 1. The highest BCUT2D eigenvalue weighted by Gasteiger charge is 2.19. The normalized spacial score (nSPS) is 11.0. The van der Waals surface area contributed by atoms with E-state index in [1.165, 1.54) is 6.07 Å². The molecule has 0 saturated carbocycles. The maximum Gasteiger partial charge on any atom is 0.356 e. The van der Waals surface area contributed by atoms with E-state index < -0.39 is 5.97 Å². The predicted molar refractivity (Wildman–Crippen MR) is 124 cm³/mol. The van der Waals surface area contributed by atoms with E-state index in [2.05, 4.69) is 14.9 Å². The molecule has 162 valence electrons. The first-order chi connectivity index (χ1) is 14.8. The number of hydrogen-bond donors (Lipinski definition) is 1. The van der Waals surface area contributed by atoms with Crippen molar-refractivity contribution >= 4 is 40.8 Å². The minimum atomic E-state index is -1.24. The largest absolute Gasteiger partial charge is 0.492 e. The molecule has 0 aliphatic rings. The first kappa shape index (κ1) is 23.3. The number of pyridine rings is 2. The summed E-state index contributed by atoms with van der Waals surface area (Å²) in [5.74, 6) is -0.704. The molecule has 1 N–H and O–H groups in total. The molecule has 3 rings (SSSR count). The van der Waals surface area contributed by atoms with Gasteiger partial charge in [0, 0.05) is 23.9 Å². The second kappa shape index (κ2) is 10.3. The Morgan fingerprint density at radius 1 is 1.06 bits per heavy atom. The number of aromatic carboxylic acids is 1. The number of aromatic nitrogens is 2. The molecule has 31 heavy (non-hydrogen) atoms. The van der Waals surface area contributed by atoms with Crippen LogP contribution in [0.3, 0.4) is 0 Å². The van der Waals surface area contributed by atoms with Gasteiger partial charge in [-0.05, 0) is 50.8 Å². The van der Waals surface area contributed by atoms with E-state index in [4.69, 9.17) is 39.5 Å². The Kier molecular flexibility index (Phi) is 7.73. The number of hydrogen-bond acceptors (Lipinski definition) is 5. The van der Waals surface area contributed by atoms with Crippen LogP contribution in [0.25, 0.3) is 22.5 Å². The summed E-state index contributed by atoms with van der Waals surface area (Å²) in [6.45, 7) is 1.41. The second-order valence-corrected chi connectivity index (χ2v) is 8.23. The number of carboxylic acids is 1. The summed E-state index contributed by atoms with van der Waals surface area (Å²) in [5.41, 5.74) is 1.84. The molecule has 1 aromatic carbocycles. The summed E-state index contributed by atoms with van der Waals surface area (Å²) in [6.07, 6.45) is 2.48. The maximum absolute atomic E-state index is 11.5. The van der Waals surface area contributed by atoms with Crippen molar-refractivity contribution in [2.24, 2.45) is 0 Å². The summed E-state index contributed by atoms with van der Waals surface area (Å²) < 4.78 is 5.86. The van der Waals surface area contributed by atoms with Crippen molar-refractivity contribution in [3.8, 4) is 28.3 Å². The van der Waals surface area contributed by atoms with Gasteiger partial charge in [0.25, 0.3) is 0 Å². The van der Waals surface area contributed by atoms with E-state index in [0.29, 0.717) is 28.6 Å². The summed E-state index contributed by atoms with van der Waals surface area (Å²) in [4.78, 5) is 22.2. The van der Waals surface area contributed by atoms with Gasteiger partial charge < -0.3 is 14.7 Å². The molecular formula is C22H20Cl3N3O3. The quantitative estimate of drug-likeness (QED) is 0.411. The first-order valence-electron chi connectivity index (χ1n) is 9.40. The monoisotopic (exact) mass is 479 g/mol. The lowest BCUT2D eigenvalue weighted by molar-refractivity contribution is 0.0691. The summed E-state index contributed by atoms with van der Waals surface area (Å²) in [7, 11) is 4.00. The average molecular weight is 481 g/mol. The third-order valence-corrected chi connectivity index (χ3v) is 5.30. The van der Waals surface area contributed by atoms with Crippen LogP contribution in [-0.4, -0.2) is 53.2 Å². The van der Waals surface area contributed by atoms with Gasteiger partial charge in [-0.3, -0.25) is 4.98 Å². The molecule has 0 atom stereocenters.